The maximum Gasteiger partial charge on any atom is 0.191 e. The van der Waals surface area contributed by atoms with E-state index in [0.717, 1.165) is 10.4 Å². The minimum Gasteiger partial charge on any atom is -0.354 e. The fourth-order valence-electron chi connectivity index (χ4n) is 2.53. The molecule has 0 radical (unpaired) electrons. The summed E-state index contributed by atoms with van der Waals surface area (Å²) in [6, 6.07) is 9.94. The molecule has 2 aliphatic carbocycles. The maximum atomic E-state index is 4.29. The molecule has 1 aromatic carbocycles. The summed E-state index contributed by atoms with van der Waals surface area (Å²) in [6.45, 7) is 0. The first-order chi connectivity index (χ1) is 9.24. The SMILES string of the molecule is CN=C(NC1CC1)NC1CC(c2ccc(Br)cc2)C1. The summed E-state index contributed by atoms with van der Waals surface area (Å²) in [5.74, 6) is 1.67. The second kappa shape index (κ2) is 5.53. The molecular formula is C15H20BrN3. The minimum absolute atomic E-state index is 0.568. The van der Waals surface area contributed by atoms with E-state index in [4.69, 9.17) is 0 Å². The van der Waals surface area contributed by atoms with Crippen molar-refractivity contribution in [3.05, 3.63) is 34.3 Å². The third-order valence-corrected chi connectivity index (χ3v) is 4.49. The molecule has 2 N–H and O–H groups in total. The number of nitrogens with one attached hydrogen (secondary N) is 2. The molecular weight excluding hydrogens is 302 g/mol. The summed E-state index contributed by atoms with van der Waals surface area (Å²) in [5, 5.41) is 6.95. The summed E-state index contributed by atoms with van der Waals surface area (Å²) in [4.78, 5) is 4.29. The zero-order chi connectivity index (χ0) is 13.2. The largest absolute Gasteiger partial charge is 0.354 e. The van der Waals surface area contributed by atoms with Crippen molar-refractivity contribution in [3.63, 3.8) is 0 Å². The van der Waals surface area contributed by atoms with Crippen molar-refractivity contribution in [1.82, 2.24) is 10.6 Å². The Bertz CT molecular complexity index is 459. The van der Waals surface area contributed by atoms with Gasteiger partial charge in [0, 0.05) is 23.6 Å². The average Bonchev–Trinajstić information content (AvgIpc) is 3.17. The summed E-state index contributed by atoms with van der Waals surface area (Å²) in [5.41, 5.74) is 1.45. The number of hydrogen-bond acceptors (Lipinski definition) is 1. The highest BCUT2D eigenvalue weighted by molar-refractivity contribution is 9.10. The minimum atomic E-state index is 0.568. The van der Waals surface area contributed by atoms with E-state index in [1.807, 2.05) is 7.05 Å². The van der Waals surface area contributed by atoms with Crippen LogP contribution in [0.2, 0.25) is 0 Å². The molecule has 1 aromatic rings. The molecule has 102 valence electrons. The average molecular weight is 322 g/mol. The van der Waals surface area contributed by atoms with Gasteiger partial charge in [0.2, 0.25) is 0 Å². The first-order valence-electron chi connectivity index (χ1n) is 7.00. The van der Waals surface area contributed by atoms with E-state index in [1.165, 1.54) is 31.2 Å². The molecule has 2 saturated carbocycles. The molecule has 0 amide bonds. The summed E-state index contributed by atoms with van der Waals surface area (Å²) in [7, 11) is 1.85. The fourth-order valence-corrected chi connectivity index (χ4v) is 2.79. The molecule has 19 heavy (non-hydrogen) atoms. The van der Waals surface area contributed by atoms with Crippen molar-refractivity contribution in [2.45, 2.75) is 43.7 Å². The zero-order valence-corrected chi connectivity index (χ0v) is 12.8. The van der Waals surface area contributed by atoms with Gasteiger partial charge in [-0.15, -0.1) is 0 Å². The summed E-state index contributed by atoms with van der Waals surface area (Å²) < 4.78 is 1.15. The smallest absolute Gasteiger partial charge is 0.191 e. The molecule has 0 bridgehead atoms. The van der Waals surface area contributed by atoms with E-state index in [-0.39, 0.29) is 0 Å². The highest BCUT2D eigenvalue weighted by Crippen LogP contribution is 2.37. The summed E-state index contributed by atoms with van der Waals surface area (Å²) in [6.07, 6.45) is 4.97. The van der Waals surface area contributed by atoms with Crippen LogP contribution in [0.25, 0.3) is 0 Å². The molecule has 3 nitrogen and oxygen atoms in total. The van der Waals surface area contributed by atoms with E-state index in [9.17, 15) is 0 Å². The van der Waals surface area contributed by atoms with Gasteiger partial charge in [0.25, 0.3) is 0 Å². The van der Waals surface area contributed by atoms with E-state index in [0.29, 0.717) is 18.0 Å². The molecule has 0 heterocycles. The van der Waals surface area contributed by atoms with Crippen LogP contribution in [0.4, 0.5) is 0 Å². The van der Waals surface area contributed by atoms with Crippen LogP contribution in [0, 0.1) is 0 Å². The van der Waals surface area contributed by atoms with E-state index in [1.54, 1.807) is 0 Å². The highest BCUT2D eigenvalue weighted by atomic mass is 79.9. The number of nitrogens with zero attached hydrogens (tertiary/aromatic N) is 1. The first-order valence-corrected chi connectivity index (χ1v) is 7.79. The van der Waals surface area contributed by atoms with Gasteiger partial charge in [-0.05, 0) is 49.3 Å². The predicted molar refractivity (Wildman–Crippen MR) is 82.6 cm³/mol. The number of guanidine groups is 1. The lowest BCUT2D eigenvalue weighted by Gasteiger charge is -2.37. The van der Waals surface area contributed by atoms with Crippen molar-refractivity contribution in [1.29, 1.82) is 0 Å². The fraction of sp³-hybridized carbons (Fsp3) is 0.533. The highest BCUT2D eigenvalue weighted by Gasteiger charge is 2.31. The predicted octanol–water partition coefficient (Wildman–Crippen LogP) is 3.02. The molecule has 0 saturated heterocycles. The molecule has 0 spiro atoms. The molecule has 0 aliphatic heterocycles. The molecule has 2 fully saturated rings. The van der Waals surface area contributed by atoms with Crippen LogP contribution in [-0.4, -0.2) is 25.1 Å². The van der Waals surface area contributed by atoms with Gasteiger partial charge in [0.15, 0.2) is 5.96 Å². The Morgan fingerprint density at radius 1 is 1.11 bits per heavy atom. The van der Waals surface area contributed by atoms with Gasteiger partial charge < -0.3 is 10.6 Å². The van der Waals surface area contributed by atoms with Crippen LogP contribution in [0.3, 0.4) is 0 Å². The normalized spacial score (nSPS) is 26.7. The second-order valence-corrected chi connectivity index (χ2v) is 6.47. The lowest BCUT2D eigenvalue weighted by molar-refractivity contribution is 0.322. The lowest BCUT2D eigenvalue weighted by Crippen LogP contribution is -2.49. The van der Waals surface area contributed by atoms with Crippen LogP contribution in [0.15, 0.2) is 33.7 Å². The Kier molecular flexibility index (Phi) is 3.78. The van der Waals surface area contributed by atoms with Gasteiger partial charge in [0.1, 0.15) is 0 Å². The zero-order valence-electron chi connectivity index (χ0n) is 11.2. The Morgan fingerprint density at radius 3 is 2.32 bits per heavy atom. The Morgan fingerprint density at radius 2 is 1.74 bits per heavy atom. The Hall–Kier alpha value is -1.03. The molecule has 2 aliphatic rings. The van der Waals surface area contributed by atoms with Gasteiger partial charge in [-0.3, -0.25) is 4.99 Å². The van der Waals surface area contributed by atoms with Gasteiger partial charge in [0.05, 0.1) is 0 Å². The van der Waals surface area contributed by atoms with E-state index in [2.05, 4.69) is 55.8 Å². The number of rotatable bonds is 3. The van der Waals surface area contributed by atoms with Crippen molar-refractivity contribution in [2.24, 2.45) is 4.99 Å². The number of hydrogen-bond donors (Lipinski definition) is 2. The molecule has 4 heteroatoms. The van der Waals surface area contributed by atoms with Crippen LogP contribution in [0.1, 0.15) is 37.2 Å². The van der Waals surface area contributed by atoms with Crippen LogP contribution >= 0.6 is 15.9 Å². The number of aliphatic imine (C=N–C) groups is 1. The lowest BCUT2D eigenvalue weighted by atomic mass is 9.76. The van der Waals surface area contributed by atoms with Crippen molar-refractivity contribution in [3.8, 4) is 0 Å². The van der Waals surface area contributed by atoms with Crippen molar-refractivity contribution >= 4 is 21.9 Å². The number of halogens is 1. The standard InChI is InChI=1S/C15H20BrN3/c1-17-15(18-13-6-7-13)19-14-8-11(9-14)10-2-4-12(16)5-3-10/h2-5,11,13-14H,6-9H2,1H3,(H2,17,18,19). The van der Waals surface area contributed by atoms with Gasteiger partial charge in [-0.25, -0.2) is 0 Å². The molecule has 0 aromatic heterocycles. The maximum absolute atomic E-state index is 4.29. The van der Waals surface area contributed by atoms with Crippen LogP contribution in [-0.2, 0) is 0 Å². The quantitative estimate of drug-likeness (QED) is 0.663. The van der Waals surface area contributed by atoms with Gasteiger partial charge in [-0.1, -0.05) is 28.1 Å². The Balaban J connectivity index is 1.48. The molecule has 3 rings (SSSR count). The monoisotopic (exact) mass is 321 g/mol. The number of benzene rings is 1. The van der Waals surface area contributed by atoms with E-state index >= 15 is 0 Å². The van der Waals surface area contributed by atoms with Gasteiger partial charge >= 0.3 is 0 Å². The van der Waals surface area contributed by atoms with Gasteiger partial charge in [-0.2, -0.15) is 0 Å². The third kappa shape index (κ3) is 3.30. The first kappa shape index (κ1) is 13.0. The molecule has 0 atom stereocenters. The molecule has 0 unspecified atom stereocenters. The van der Waals surface area contributed by atoms with E-state index < -0.39 is 0 Å². The summed E-state index contributed by atoms with van der Waals surface area (Å²) >= 11 is 3.48. The topological polar surface area (TPSA) is 36.4 Å². The van der Waals surface area contributed by atoms with Crippen LogP contribution in [0.5, 0.6) is 0 Å². The van der Waals surface area contributed by atoms with Crippen LogP contribution < -0.4 is 10.6 Å². The Labute approximate surface area is 123 Å². The van der Waals surface area contributed by atoms with Crippen molar-refractivity contribution in [2.75, 3.05) is 7.05 Å². The van der Waals surface area contributed by atoms with Crippen molar-refractivity contribution < 1.29 is 0 Å². The third-order valence-electron chi connectivity index (χ3n) is 3.96. The second-order valence-electron chi connectivity index (χ2n) is 5.55.